The highest BCUT2D eigenvalue weighted by Crippen LogP contribution is 2.32. The van der Waals surface area contributed by atoms with Crippen molar-refractivity contribution in [3.63, 3.8) is 0 Å². The molecule has 0 aliphatic carbocycles. The molecule has 0 bridgehead atoms. The van der Waals surface area contributed by atoms with Crippen molar-refractivity contribution >= 4 is 17.7 Å². The normalized spacial score (nSPS) is 12.0. The van der Waals surface area contributed by atoms with Gasteiger partial charge in [0, 0.05) is 10.5 Å². The molecule has 0 aliphatic rings. The Kier molecular flexibility index (Phi) is 6.04. The van der Waals surface area contributed by atoms with Crippen molar-refractivity contribution in [2.75, 3.05) is 12.4 Å². The van der Waals surface area contributed by atoms with Crippen LogP contribution in [0.15, 0.2) is 53.4 Å². The molecule has 1 N–H and O–H groups in total. The molecular formula is C18H20O3S. The van der Waals surface area contributed by atoms with E-state index < -0.39 is 12.1 Å². The van der Waals surface area contributed by atoms with Crippen molar-refractivity contribution in [1.82, 2.24) is 0 Å². The van der Waals surface area contributed by atoms with Gasteiger partial charge < -0.3 is 9.84 Å². The molecule has 0 saturated heterocycles. The Morgan fingerprint density at radius 2 is 1.86 bits per heavy atom. The van der Waals surface area contributed by atoms with Gasteiger partial charge in [0.1, 0.15) is 0 Å². The van der Waals surface area contributed by atoms with Gasteiger partial charge in [-0.25, -0.2) is 4.79 Å². The zero-order chi connectivity index (χ0) is 15.9. The highest BCUT2D eigenvalue weighted by atomic mass is 32.2. The maximum absolute atomic E-state index is 11.8. The summed E-state index contributed by atoms with van der Waals surface area (Å²) in [7, 11) is 0. The lowest BCUT2D eigenvalue weighted by molar-refractivity contribution is -0.153. The van der Waals surface area contributed by atoms with Gasteiger partial charge in [-0.15, -0.1) is 11.8 Å². The summed E-state index contributed by atoms with van der Waals surface area (Å²) in [5.74, 6) is 0.258. The Labute approximate surface area is 135 Å². The van der Waals surface area contributed by atoms with Gasteiger partial charge in [0.2, 0.25) is 0 Å². The lowest BCUT2D eigenvalue weighted by atomic mass is 10.0. The number of ether oxygens (including phenoxy) is 1. The summed E-state index contributed by atoms with van der Waals surface area (Å²) >= 11 is 1.61. The first kappa shape index (κ1) is 16.6. The van der Waals surface area contributed by atoms with Gasteiger partial charge in [0.15, 0.2) is 6.10 Å². The SMILES string of the molecule is CCOC(=O)C(O)c1ccc(-c2ccccc2)cc1SCC. The summed E-state index contributed by atoms with van der Waals surface area (Å²) in [6.45, 7) is 4.03. The zero-order valence-electron chi connectivity index (χ0n) is 12.8. The molecule has 0 saturated carbocycles. The van der Waals surface area contributed by atoms with Gasteiger partial charge in [-0.2, -0.15) is 0 Å². The Balaban J connectivity index is 2.37. The predicted octanol–water partition coefficient (Wildman–Crippen LogP) is 4.06. The second-order valence-electron chi connectivity index (χ2n) is 4.71. The van der Waals surface area contributed by atoms with Crippen LogP contribution in [-0.4, -0.2) is 23.4 Å². The predicted molar refractivity (Wildman–Crippen MR) is 89.9 cm³/mol. The molecular weight excluding hydrogens is 296 g/mol. The molecule has 0 radical (unpaired) electrons. The number of hydrogen-bond donors (Lipinski definition) is 1. The van der Waals surface area contributed by atoms with E-state index in [0.717, 1.165) is 21.8 Å². The third-order valence-electron chi connectivity index (χ3n) is 3.22. The number of hydrogen-bond acceptors (Lipinski definition) is 4. The van der Waals surface area contributed by atoms with E-state index in [4.69, 9.17) is 4.74 Å². The molecule has 2 aromatic carbocycles. The largest absolute Gasteiger partial charge is 0.464 e. The van der Waals surface area contributed by atoms with Gasteiger partial charge in [0.25, 0.3) is 0 Å². The number of carbonyl (C=O) groups is 1. The van der Waals surface area contributed by atoms with Gasteiger partial charge in [0.05, 0.1) is 6.61 Å². The maximum Gasteiger partial charge on any atom is 0.339 e. The van der Waals surface area contributed by atoms with Gasteiger partial charge >= 0.3 is 5.97 Å². The Morgan fingerprint density at radius 3 is 2.50 bits per heavy atom. The molecule has 0 amide bonds. The molecule has 2 aromatic rings. The zero-order valence-corrected chi connectivity index (χ0v) is 13.6. The van der Waals surface area contributed by atoms with Crippen LogP contribution in [0.2, 0.25) is 0 Å². The quantitative estimate of drug-likeness (QED) is 0.645. The van der Waals surface area contributed by atoms with E-state index in [1.807, 2.05) is 55.5 Å². The summed E-state index contributed by atoms with van der Waals surface area (Å²) in [6.07, 6.45) is -1.24. The van der Waals surface area contributed by atoms with E-state index >= 15 is 0 Å². The van der Waals surface area contributed by atoms with Crippen LogP contribution in [0.25, 0.3) is 11.1 Å². The average Bonchev–Trinajstić information content (AvgIpc) is 2.55. The molecule has 2 rings (SSSR count). The number of esters is 1. The molecule has 0 aliphatic heterocycles. The number of benzene rings is 2. The smallest absolute Gasteiger partial charge is 0.339 e. The minimum Gasteiger partial charge on any atom is -0.464 e. The fourth-order valence-electron chi connectivity index (χ4n) is 2.20. The van der Waals surface area contributed by atoms with Crippen LogP contribution in [0.1, 0.15) is 25.5 Å². The average molecular weight is 316 g/mol. The molecule has 0 heterocycles. The van der Waals surface area contributed by atoms with Crippen molar-refractivity contribution in [1.29, 1.82) is 0 Å². The van der Waals surface area contributed by atoms with E-state index in [-0.39, 0.29) is 6.61 Å². The fourth-order valence-corrected chi connectivity index (χ4v) is 3.07. The van der Waals surface area contributed by atoms with Crippen molar-refractivity contribution in [3.8, 4) is 11.1 Å². The monoisotopic (exact) mass is 316 g/mol. The second kappa shape index (κ2) is 8.01. The van der Waals surface area contributed by atoms with E-state index in [9.17, 15) is 9.90 Å². The minimum absolute atomic E-state index is 0.258. The van der Waals surface area contributed by atoms with Crippen LogP contribution in [0, 0.1) is 0 Å². The van der Waals surface area contributed by atoms with Gasteiger partial charge in [-0.1, -0.05) is 49.4 Å². The lowest BCUT2D eigenvalue weighted by Crippen LogP contribution is -2.16. The van der Waals surface area contributed by atoms with E-state index in [1.165, 1.54) is 0 Å². The standard InChI is InChI=1S/C18H20O3S/c1-3-21-18(20)17(19)15-11-10-14(12-16(15)22-4-2)13-8-6-5-7-9-13/h5-12,17,19H,3-4H2,1-2H3. The van der Waals surface area contributed by atoms with Crippen molar-refractivity contribution in [2.24, 2.45) is 0 Å². The Hall–Kier alpha value is -1.78. The summed E-state index contributed by atoms with van der Waals surface area (Å²) in [6, 6.07) is 15.8. The molecule has 3 nitrogen and oxygen atoms in total. The number of aliphatic hydroxyl groups excluding tert-OH is 1. The van der Waals surface area contributed by atoms with Gasteiger partial charge in [-0.3, -0.25) is 0 Å². The third-order valence-corrected chi connectivity index (χ3v) is 4.18. The molecule has 0 aromatic heterocycles. The van der Waals surface area contributed by atoms with Crippen LogP contribution in [0.3, 0.4) is 0 Å². The van der Waals surface area contributed by atoms with Gasteiger partial charge in [-0.05, 0) is 29.9 Å². The summed E-state index contributed by atoms with van der Waals surface area (Å²) in [4.78, 5) is 12.7. The van der Waals surface area contributed by atoms with Crippen molar-refractivity contribution in [3.05, 3.63) is 54.1 Å². The first-order valence-electron chi connectivity index (χ1n) is 7.34. The van der Waals surface area contributed by atoms with Crippen LogP contribution >= 0.6 is 11.8 Å². The summed E-state index contributed by atoms with van der Waals surface area (Å²) in [5, 5.41) is 10.2. The number of rotatable bonds is 6. The molecule has 0 spiro atoms. The van der Waals surface area contributed by atoms with Crippen molar-refractivity contribution in [2.45, 2.75) is 24.8 Å². The molecule has 22 heavy (non-hydrogen) atoms. The summed E-state index contributed by atoms with van der Waals surface area (Å²) < 4.78 is 4.91. The van der Waals surface area contributed by atoms with Crippen LogP contribution < -0.4 is 0 Å². The minimum atomic E-state index is -1.24. The first-order valence-corrected chi connectivity index (χ1v) is 8.32. The third kappa shape index (κ3) is 3.90. The van der Waals surface area contributed by atoms with E-state index in [0.29, 0.717) is 5.56 Å². The van der Waals surface area contributed by atoms with Crippen LogP contribution in [0.5, 0.6) is 0 Å². The number of thioether (sulfide) groups is 1. The fraction of sp³-hybridized carbons (Fsp3) is 0.278. The molecule has 0 fully saturated rings. The summed E-state index contributed by atoms with van der Waals surface area (Å²) in [5.41, 5.74) is 2.78. The first-order chi connectivity index (χ1) is 10.7. The highest BCUT2D eigenvalue weighted by molar-refractivity contribution is 7.99. The van der Waals surface area contributed by atoms with Crippen molar-refractivity contribution < 1.29 is 14.6 Å². The highest BCUT2D eigenvalue weighted by Gasteiger charge is 2.22. The van der Waals surface area contributed by atoms with Crippen LogP contribution in [0.4, 0.5) is 0 Å². The number of aliphatic hydroxyl groups is 1. The lowest BCUT2D eigenvalue weighted by Gasteiger charge is -2.15. The topological polar surface area (TPSA) is 46.5 Å². The molecule has 1 unspecified atom stereocenters. The second-order valence-corrected chi connectivity index (χ2v) is 6.01. The Bertz CT molecular complexity index is 625. The van der Waals surface area contributed by atoms with E-state index in [2.05, 4.69) is 0 Å². The molecule has 4 heteroatoms. The molecule has 116 valence electrons. The number of carbonyl (C=O) groups excluding carboxylic acids is 1. The molecule has 1 atom stereocenters. The van der Waals surface area contributed by atoms with E-state index in [1.54, 1.807) is 18.7 Å². The van der Waals surface area contributed by atoms with Crippen LogP contribution in [-0.2, 0) is 9.53 Å². The Morgan fingerprint density at radius 1 is 1.14 bits per heavy atom. The maximum atomic E-state index is 11.8.